The number of para-hydroxylation sites is 2. The third-order valence-corrected chi connectivity index (χ3v) is 12.8. The van der Waals surface area contributed by atoms with Gasteiger partial charge in [-0.3, -0.25) is 0 Å². The van der Waals surface area contributed by atoms with Gasteiger partial charge in [-0.1, -0.05) is 149 Å². The molecular formula is C54H46N2. The van der Waals surface area contributed by atoms with Crippen molar-refractivity contribution in [3.63, 3.8) is 0 Å². The molecule has 10 rings (SSSR count). The van der Waals surface area contributed by atoms with Crippen LogP contribution in [0, 0.1) is 5.92 Å². The molecule has 0 amide bonds. The minimum Gasteiger partial charge on any atom is -0.314 e. The Morgan fingerprint density at radius 2 is 0.893 bits per heavy atom. The van der Waals surface area contributed by atoms with Crippen LogP contribution in [0.2, 0.25) is 0 Å². The Morgan fingerprint density at radius 1 is 0.411 bits per heavy atom. The van der Waals surface area contributed by atoms with E-state index in [0.717, 1.165) is 23.5 Å². The Bertz CT molecular complexity index is 2650. The highest BCUT2D eigenvalue weighted by Gasteiger charge is 2.44. The van der Waals surface area contributed by atoms with E-state index in [1.165, 1.54) is 67.2 Å². The lowest BCUT2D eigenvalue weighted by Crippen LogP contribution is -2.28. The molecule has 56 heavy (non-hydrogen) atoms. The lowest BCUT2D eigenvalue weighted by atomic mass is 9.74. The van der Waals surface area contributed by atoms with Gasteiger partial charge in [0.2, 0.25) is 0 Å². The van der Waals surface area contributed by atoms with Gasteiger partial charge in [0.25, 0.3) is 0 Å². The molecule has 3 aliphatic carbocycles. The molecule has 0 N–H and O–H groups in total. The van der Waals surface area contributed by atoms with E-state index in [1.807, 2.05) is 0 Å². The average molecular weight is 723 g/mol. The topological polar surface area (TPSA) is 6.48 Å². The number of hydrogen-bond donors (Lipinski definition) is 0. The van der Waals surface area contributed by atoms with E-state index in [-0.39, 0.29) is 10.8 Å². The minimum atomic E-state index is -0.0669. The molecular weight excluding hydrogens is 677 g/mol. The molecule has 0 heterocycles. The van der Waals surface area contributed by atoms with Crippen LogP contribution in [-0.2, 0) is 10.8 Å². The summed E-state index contributed by atoms with van der Waals surface area (Å²) in [5.74, 6) is 0.430. The monoisotopic (exact) mass is 722 g/mol. The van der Waals surface area contributed by atoms with Crippen LogP contribution in [0.4, 0.5) is 28.4 Å². The molecule has 0 aliphatic heterocycles. The highest BCUT2D eigenvalue weighted by atomic mass is 15.2. The third kappa shape index (κ3) is 5.46. The van der Waals surface area contributed by atoms with Gasteiger partial charge >= 0.3 is 0 Å². The van der Waals surface area contributed by atoms with E-state index in [2.05, 4.69) is 226 Å². The summed E-state index contributed by atoms with van der Waals surface area (Å²) in [6.07, 6.45) is 5.71. The Labute approximate surface area is 331 Å². The van der Waals surface area contributed by atoms with E-state index >= 15 is 0 Å². The predicted octanol–water partition coefficient (Wildman–Crippen LogP) is 14.5. The molecule has 1 unspecified atom stereocenters. The highest BCUT2D eigenvalue weighted by Crippen LogP contribution is 2.55. The quantitative estimate of drug-likeness (QED) is 0.162. The van der Waals surface area contributed by atoms with Crippen molar-refractivity contribution in [2.75, 3.05) is 9.80 Å². The fourth-order valence-electron chi connectivity index (χ4n) is 9.78. The fraction of sp³-hybridized carbons (Fsp3) is 0.148. The van der Waals surface area contributed by atoms with E-state index in [0.29, 0.717) is 5.92 Å². The molecule has 0 spiro atoms. The molecule has 0 saturated carbocycles. The van der Waals surface area contributed by atoms with Gasteiger partial charge in [0.05, 0.1) is 0 Å². The number of allylic oxidation sites excluding steroid dienone is 4. The summed E-state index contributed by atoms with van der Waals surface area (Å²) < 4.78 is 0. The lowest BCUT2D eigenvalue weighted by Gasteiger charge is -2.36. The Kier molecular flexibility index (Phi) is 8.01. The normalized spacial score (nSPS) is 16.8. The van der Waals surface area contributed by atoms with Crippen molar-refractivity contribution >= 4 is 34.0 Å². The van der Waals surface area contributed by atoms with Crippen LogP contribution in [0.5, 0.6) is 0 Å². The molecule has 0 aromatic heterocycles. The van der Waals surface area contributed by atoms with E-state index in [1.54, 1.807) is 0 Å². The van der Waals surface area contributed by atoms with Gasteiger partial charge in [-0.15, -0.1) is 0 Å². The maximum absolute atomic E-state index is 2.45. The first-order chi connectivity index (χ1) is 27.3. The molecule has 2 heteroatoms. The second-order valence-electron chi connectivity index (χ2n) is 16.6. The van der Waals surface area contributed by atoms with Crippen molar-refractivity contribution in [3.05, 3.63) is 216 Å². The smallest absolute Gasteiger partial charge is 0.0465 e. The summed E-state index contributed by atoms with van der Waals surface area (Å²) >= 11 is 0. The maximum Gasteiger partial charge on any atom is 0.0465 e. The van der Waals surface area contributed by atoms with Crippen LogP contribution in [0.15, 0.2) is 194 Å². The number of hydrogen-bond acceptors (Lipinski definition) is 2. The summed E-state index contributed by atoms with van der Waals surface area (Å²) in [7, 11) is 0. The average Bonchev–Trinajstić information content (AvgIpc) is 3.61. The molecule has 0 bridgehead atoms. The fourth-order valence-corrected chi connectivity index (χ4v) is 9.78. The molecule has 272 valence electrons. The second-order valence-corrected chi connectivity index (χ2v) is 16.6. The van der Waals surface area contributed by atoms with Gasteiger partial charge < -0.3 is 9.80 Å². The molecule has 7 aromatic rings. The van der Waals surface area contributed by atoms with Crippen LogP contribution in [0.25, 0.3) is 27.8 Å². The van der Waals surface area contributed by atoms with Crippen molar-refractivity contribution in [1.82, 2.24) is 0 Å². The van der Waals surface area contributed by atoms with Gasteiger partial charge in [0.1, 0.15) is 0 Å². The summed E-state index contributed by atoms with van der Waals surface area (Å²) in [5.41, 5.74) is 19.3. The lowest BCUT2D eigenvalue weighted by molar-refractivity contribution is 0.406. The summed E-state index contributed by atoms with van der Waals surface area (Å²) in [6.45, 7) is 9.53. The van der Waals surface area contributed by atoms with Crippen LogP contribution in [-0.4, -0.2) is 0 Å². The van der Waals surface area contributed by atoms with Crippen molar-refractivity contribution < 1.29 is 0 Å². The summed E-state index contributed by atoms with van der Waals surface area (Å²) in [6, 6.07) is 64.5. The Morgan fingerprint density at radius 3 is 1.54 bits per heavy atom. The third-order valence-electron chi connectivity index (χ3n) is 12.8. The van der Waals surface area contributed by atoms with Gasteiger partial charge in [-0.25, -0.2) is 0 Å². The Hall–Kier alpha value is -6.38. The number of anilines is 5. The largest absolute Gasteiger partial charge is 0.314 e. The predicted molar refractivity (Wildman–Crippen MR) is 236 cm³/mol. The van der Waals surface area contributed by atoms with Crippen LogP contribution < -0.4 is 9.80 Å². The number of fused-ring (bicyclic) bond motifs is 6. The van der Waals surface area contributed by atoms with Gasteiger partial charge in [0, 0.05) is 39.5 Å². The number of benzene rings is 7. The van der Waals surface area contributed by atoms with Crippen molar-refractivity contribution in [2.45, 2.75) is 44.9 Å². The minimum absolute atomic E-state index is 0.0669. The highest BCUT2D eigenvalue weighted by molar-refractivity contribution is 5.86. The van der Waals surface area contributed by atoms with Crippen molar-refractivity contribution in [2.24, 2.45) is 5.92 Å². The first-order valence-corrected chi connectivity index (χ1v) is 19.9. The van der Waals surface area contributed by atoms with E-state index < -0.39 is 0 Å². The maximum atomic E-state index is 2.45. The van der Waals surface area contributed by atoms with Crippen LogP contribution >= 0.6 is 0 Å². The van der Waals surface area contributed by atoms with Crippen molar-refractivity contribution in [1.29, 1.82) is 0 Å². The molecule has 0 radical (unpaired) electrons. The van der Waals surface area contributed by atoms with Gasteiger partial charge in [-0.2, -0.15) is 0 Å². The second kappa shape index (κ2) is 13.1. The molecule has 1 atom stereocenters. The number of nitrogens with zero attached hydrogens (tertiary/aromatic N) is 2. The Balaban J connectivity index is 0.969. The zero-order valence-corrected chi connectivity index (χ0v) is 32.6. The summed E-state index contributed by atoms with van der Waals surface area (Å²) in [4.78, 5) is 4.83. The van der Waals surface area contributed by atoms with Gasteiger partial charge in [0.15, 0.2) is 0 Å². The SMILES string of the molecule is CC1(C)c2ccccc2-c2ccc(N(c3ccccc3)c3ccc(-c4ccc(N(C5=CC=C6c7ccccc7C(C)(C)C6C5)c5ccccc5)cc4)cc3)cc21. The van der Waals surface area contributed by atoms with Crippen LogP contribution in [0.1, 0.15) is 56.4 Å². The van der Waals surface area contributed by atoms with Crippen LogP contribution in [0.3, 0.4) is 0 Å². The molecule has 2 nitrogen and oxygen atoms in total. The molecule has 0 fully saturated rings. The van der Waals surface area contributed by atoms with Crippen molar-refractivity contribution in [3.8, 4) is 22.3 Å². The standard InChI is InChI=1S/C54H46N2/c1-53(2)49-21-13-11-19-45(49)47-33-31-43(35-51(47)53)55(39-15-7-5-8-16-39)41-27-23-37(24-28-41)38-25-29-42(30-26-38)56(40-17-9-6-10-18-40)44-32-34-48-46-20-12-14-22-50(46)54(3,4)52(48)36-44/h5-35,52H,36H2,1-4H3. The first-order valence-electron chi connectivity index (χ1n) is 19.9. The van der Waals surface area contributed by atoms with E-state index in [9.17, 15) is 0 Å². The molecule has 3 aliphatic rings. The van der Waals surface area contributed by atoms with Gasteiger partial charge in [-0.05, 0) is 135 Å². The van der Waals surface area contributed by atoms with E-state index in [4.69, 9.17) is 0 Å². The zero-order valence-electron chi connectivity index (χ0n) is 32.6. The number of rotatable bonds is 7. The summed E-state index contributed by atoms with van der Waals surface area (Å²) in [5, 5.41) is 0. The first kappa shape index (κ1) is 34.1. The zero-order chi connectivity index (χ0) is 38.0. The molecule has 7 aromatic carbocycles. The molecule has 0 saturated heterocycles.